The van der Waals surface area contributed by atoms with Crippen molar-refractivity contribution < 1.29 is 4.42 Å². The van der Waals surface area contributed by atoms with Crippen LogP contribution in [0.15, 0.2) is 29.0 Å². The smallest absolute Gasteiger partial charge is 0.247 e. The maximum atomic E-state index is 5.19. The molecule has 0 amide bonds. The third-order valence-corrected chi connectivity index (χ3v) is 2.78. The third-order valence-electron chi connectivity index (χ3n) is 2.78. The van der Waals surface area contributed by atoms with E-state index in [1.54, 1.807) is 0 Å². The van der Waals surface area contributed by atoms with Crippen LogP contribution in [0.4, 0.5) is 5.69 Å². The molecule has 16 heavy (non-hydrogen) atoms. The van der Waals surface area contributed by atoms with Crippen molar-refractivity contribution in [2.75, 3.05) is 5.32 Å². The highest BCUT2D eigenvalue weighted by Gasteiger charge is 2.21. The SMILES string of the molecule is Cc1ccc(-c2nnco2)cc1NC1CC1. The van der Waals surface area contributed by atoms with Gasteiger partial charge < -0.3 is 9.73 Å². The van der Waals surface area contributed by atoms with Crippen molar-refractivity contribution >= 4 is 5.69 Å². The largest absolute Gasteiger partial charge is 0.423 e. The first kappa shape index (κ1) is 9.39. The zero-order valence-electron chi connectivity index (χ0n) is 9.10. The van der Waals surface area contributed by atoms with Crippen LogP contribution < -0.4 is 5.32 Å². The van der Waals surface area contributed by atoms with E-state index in [1.807, 2.05) is 6.07 Å². The molecule has 1 saturated carbocycles. The minimum atomic E-state index is 0.568. The second-order valence-corrected chi connectivity index (χ2v) is 4.19. The summed E-state index contributed by atoms with van der Waals surface area (Å²) in [6, 6.07) is 6.79. The Balaban J connectivity index is 1.94. The Morgan fingerprint density at radius 2 is 2.25 bits per heavy atom. The second kappa shape index (κ2) is 3.63. The highest BCUT2D eigenvalue weighted by Crippen LogP contribution is 2.29. The van der Waals surface area contributed by atoms with Gasteiger partial charge in [-0.3, -0.25) is 0 Å². The molecule has 4 heteroatoms. The number of hydrogen-bond acceptors (Lipinski definition) is 4. The average molecular weight is 215 g/mol. The molecule has 1 aliphatic rings. The van der Waals surface area contributed by atoms with Gasteiger partial charge in [0.05, 0.1) is 0 Å². The van der Waals surface area contributed by atoms with E-state index in [2.05, 4.69) is 34.6 Å². The number of anilines is 1. The molecule has 82 valence electrons. The predicted molar refractivity (Wildman–Crippen MR) is 61.1 cm³/mol. The second-order valence-electron chi connectivity index (χ2n) is 4.19. The number of aryl methyl sites for hydroxylation is 1. The Bertz CT molecular complexity index is 489. The first-order valence-corrected chi connectivity index (χ1v) is 5.46. The summed E-state index contributed by atoms with van der Waals surface area (Å²) in [5, 5.41) is 11.1. The van der Waals surface area contributed by atoms with Gasteiger partial charge in [-0.2, -0.15) is 0 Å². The normalized spacial score (nSPS) is 15.1. The van der Waals surface area contributed by atoms with Crippen molar-refractivity contribution in [1.82, 2.24) is 10.2 Å². The highest BCUT2D eigenvalue weighted by atomic mass is 16.4. The molecule has 4 nitrogen and oxygen atoms in total. The first-order valence-electron chi connectivity index (χ1n) is 5.46. The van der Waals surface area contributed by atoms with Crippen LogP contribution in [-0.2, 0) is 0 Å². The Morgan fingerprint density at radius 3 is 2.94 bits per heavy atom. The van der Waals surface area contributed by atoms with Gasteiger partial charge in [-0.25, -0.2) is 0 Å². The molecule has 0 aliphatic heterocycles. The zero-order valence-corrected chi connectivity index (χ0v) is 9.10. The van der Waals surface area contributed by atoms with Gasteiger partial charge in [0.15, 0.2) is 0 Å². The van der Waals surface area contributed by atoms with Gasteiger partial charge in [0.25, 0.3) is 0 Å². The molecule has 3 rings (SSSR count). The fourth-order valence-electron chi connectivity index (χ4n) is 1.66. The maximum Gasteiger partial charge on any atom is 0.247 e. The Labute approximate surface area is 93.7 Å². The summed E-state index contributed by atoms with van der Waals surface area (Å²) in [5.74, 6) is 0.568. The molecule has 0 atom stereocenters. The monoisotopic (exact) mass is 215 g/mol. The lowest BCUT2D eigenvalue weighted by Gasteiger charge is -2.09. The number of nitrogens with one attached hydrogen (secondary N) is 1. The van der Waals surface area contributed by atoms with Crippen molar-refractivity contribution in [3.05, 3.63) is 30.2 Å². The molecule has 0 unspecified atom stereocenters. The molecule has 0 spiro atoms. The van der Waals surface area contributed by atoms with Gasteiger partial charge >= 0.3 is 0 Å². The van der Waals surface area contributed by atoms with Crippen LogP contribution >= 0.6 is 0 Å². The van der Waals surface area contributed by atoms with Crippen LogP contribution in [0.1, 0.15) is 18.4 Å². The van der Waals surface area contributed by atoms with E-state index in [4.69, 9.17) is 4.42 Å². The number of benzene rings is 1. The van der Waals surface area contributed by atoms with Crippen molar-refractivity contribution in [2.24, 2.45) is 0 Å². The van der Waals surface area contributed by atoms with Crippen molar-refractivity contribution in [2.45, 2.75) is 25.8 Å². The lowest BCUT2D eigenvalue weighted by molar-refractivity contribution is 0.568. The van der Waals surface area contributed by atoms with E-state index in [9.17, 15) is 0 Å². The maximum absolute atomic E-state index is 5.19. The fourth-order valence-corrected chi connectivity index (χ4v) is 1.66. The molecule has 1 aromatic carbocycles. The van der Waals surface area contributed by atoms with Gasteiger partial charge in [-0.1, -0.05) is 6.07 Å². The molecule has 1 heterocycles. The first-order chi connectivity index (χ1) is 7.83. The van der Waals surface area contributed by atoms with Gasteiger partial charge in [0, 0.05) is 17.3 Å². The minimum Gasteiger partial charge on any atom is -0.423 e. The van der Waals surface area contributed by atoms with E-state index in [1.165, 1.54) is 30.5 Å². The highest BCUT2D eigenvalue weighted by molar-refractivity contribution is 5.64. The Hall–Kier alpha value is -1.84. The van der Waals surface area contributed by atoms with Crippen LogP contribution in [0, 0.1) is 6.92 Å². The molecule has 1 fully saturated rings. The van der Waals surface area contributed by atoms with Crippen molar-refractivity contribution in [1.29, 1.82) is 0 Å². The van der Waals surface area contributed by atoms with Crippen molar-refractivity contribution in [3.8, 4) is 11.5 Å². The van der Waals surface area contributed by atoms with Gasteiger partial charge in [-0.05, 0) is 37.5 Å². The number of hydrogen-bond donors (Lipinski definition) is 1. The number of nitrogens with zero attached hydrogens (tertiary/aromatic N) is 2. The fraction of sp³-hybridized carbons (Fsp3) is 0.333. The predicted octanol–water partition coefficient (Wildman–Crippen LogP) is 2.62. The van der Waals surface area contributed by atoms with Crippen LogP contribution in [0.5, 0.6) is 0 Å². The zero-order chi connectivity index (χ0) is 11.0. The summed E-state index contributed by atoms with van der Waals surface area (Å²) in [6.45, 7) is 2.10. The lowest BCUT2D eigenvalue weighted by Crippen LogP contribution is -2.02. The molecule has 2 aromatic rings. The molecule has 1 aromatic heterocycles. The lowest BCUT2D eigenvalue weighted by atomic mass is 10.1. The van der Waals surface area contributed by atoms with Crippen LogP contribution in [0.25, 0.3) is 11.5 Å². The topological polar surface area (TPSA) is 51.0 Å². The molecule has 1 N–H and O–H groups in total. The summed E-state index contributed by atoms with van der Waals surface area (Å²) in [6.07, 6.45) is 3.89. The summed E-state index contributed by atoms with van der Waals surface area (Å²) in [5.41, 5.74) is 3.37. The summed E-state index contributed by atoms with van der Waals surface area (Å²) in [7, 11) is 0. The van der Waals surface area contributed by atoms with Crippen LogP contribution in [0.2, 0.25) is 0 Å². The third kappa shape index (κ3) is 1.78. The molecule has 0 bridgehead atoms. The quantitative estimate of drug-likeness (QED) is 0.855. The van der Waals surface area contributed by atoms with E-state index in [0.29, 0.717) is 11.9 Å². The Morgan fingerprint density at radius 1 is 1.38 bits per heavy atom. The molecule has 0 radical (unpaired) electrons. The molecular weight excluding hydrogens is 202 g/mol. The van der Waals surface area contributed by atoms with Gasteiger partial charge in [0.2, 0.25) is 12.3 Å². The minimum absolute atomic E-state index is 0.568. The number of aromatic nitrogens is 2. The summed E-state index contributed by atoms with van der Waals surface area (Å²) in [4.78, 5) is 0. The van der Waals surface area contributed by atoms with Gasteiger partial charge in [-0.15, -0.1) is 10.2 Å². The summed E-state index contributed by atoms with van der Waals surface area (Å²) >= 11 is 0. The van der Waals surface area contributed by atoms with Crippen LogP contribution in [0.3, 0.4) is 0 Å². The van der Waals surface area contributed by atoms with E-state index < -0.39 is 0 Å². The standard InChI is InChI=1S/C12H13N3O/c1-8-2-3-9(12-15-13-7-16-12)6-11(8)14-10-4-5-10/h2-3,6-7,10,14H,4-5H2,1H3. The van der Waals surface area contributed by atoms with E-state index >= 15 is 0 Å². The van der Waals surface area contributed by atoms with Gasteiger partial charge in [0.1, 0.15) is 0 Å². The average Bonchev–Trinajstić information content (AvgIpc) is 2.94. The summed E-state index contributed by atoms with van der Waals surface area (Å²) < 4.78 is 5.19. The molecule has 0 saturated heterocycles. The van der Waals surface area contributed by atoms with E-state index in [-0.39, 0.29) is 0 Å². The Kier molecular flexibility index (Phi) is 2.13. The molecular formula is C12H13N3O. The van der Waals surface area contributed by atoms with Crippen molar-refractivity contribution in [3.63, 3.8) is 0 Å². The van der Waals surface area contributed by atoms with Crippen LogP contribution in [-0.4, -0.2) is 16.2 Å². The number of rotatable bonds is 3. The van der Waals surface area contributed by atoms with E-state index in [0.717, 1.165) is 5.56 Å². The molecule has 1 aliphatic carbocycles.